The molecule has 3 atom stereocenters. The molecular formula is C18H25ClN2O2. The summed E-state index contributed by atoms with van der Waals surface area (Å²) in [5.41, 5.74) is 7.42. The average molecular weight is 337 g/mol. The molecule has 2 saturated carbocycles. The second kappa shape index (κ2) is 6.70. The number of hydrogen-bond acceptors (Lipinski definition) is 3. The monoisotopic (exact) mass is 336 g/mol. The van der Waals surface area contributed by atoms with Gasteiger partial charge >= 0.3 is 0 Å². The molecule has 1 aromatic rings. The maximum Gasteiger partial charge on any atom is 0.223 e. The zero-order valence-corrected chi connectivity index (χ0v) is 14.1. The summed E-state index contributed by atoms with van der Waals surface area (Å²) < 4.78 is 5.66. The van der Waals surface area contributed by atoms with E-state index in [1.807, 2.05) is 24.3 Å². The maximum absolute atomic E-state index is 12.7. The van der Waals surface area contributed by atoms with Gasteiger partial charge in [0.25, 0.3) is 0 Å². The second-order valence-electron chi connectivity index (χ2n) is 7.11. The lowest BCUT2D eigenvalue weighted by atomic mass is 9.65. The summed E-state index contributed by atoms with van der Waals surface area (Å²) in [7, 11) is 0. The summed E-state index contributed by atoms with van der Waals surface area (Å²) in [6.07, 6.45) is 5.58. The van der Waals surface area contributed by atoms with Gasteiger partial charge < -0.3 is 15.8 Å². The number of amides is 1. The largest absolute Gasteiger partial charge is 0.491 e. The van der Waals surface area contributed by atoms with Gasteiger partial charge in [0.1, 0.15) is 12.4 Å². The Balaban J connectivity index is 0.00000156. The van der Waals surface area contributed by atoms with Crippen molar-refractivity contribution in [2.24, 2.45) is 23.5 Å². The summed E-state index contributed by atoms with van der Waals surface area (Å²) in [4.78, 5) is 12.7. The highest BCUT2D eigenvalue weighted by atomic mass is 35.5. The molecule has 0 aromatic heterocycles. The Bertz CT molecular complexity index is 566. The van der Waals surface area contributed by atoms with Gasteiger partial charge in [-0.1, -0.05) is 24.6 Å². The molecule has 0 spiro atoms. The Morgan fingerprint density at radius 2 is 1.87 bits per heavy atom. The van der Waals surface area contributed by atoms with Gasteiger partial charge in [0.05, 0.1) is 6.04 Å². The fourth-order valence-corrected chi connectivity index (χ4v) is 4.57. The van der Waals surface area contributed by atoms with Gasteiger partial charge in [-0.05, 0) is 43.6 Å². The minimum Gasteiger partial charge on any atom is -0.491 e. The number of carbonyl (C=O) groups excluding carboxylic acids is 1. The first-order valence-corrected chi connectivity index (χ1v) is 8.50. The molecule has 126 valence electrons. The normalized spacial score (nSPS) is 34.7. The van der Waals surface area contributed by atoms with Gasteiger partial charge in [0.2, 0.25) is 5.91 Å². The van der Waals surface area contributed by atoms with E-state index in [0.29, 0.717) is 24.5 Å². The van der Waals surface area contributed by atoms with Crippen LogP contribution in [0.15, 0.2) is 24.3 Å². The van der Waals surface area contributed by atoms with Gasteiger partial charge in [0.15, 0.2) is 0 Å². The molecule has 2 aliphatic carbocycles. The summed E-state index contributed by atoms with van der Waals surface area (Å²) in [5, 5.41) is 3.20. The van der Waals surface area contributed by atoms with Crippen LogP contribution in [-0.4, -0.2) is 18.6 Å². The predicted molar refractivity (Wildman–Crippen MR) is 91.6 cm³/mol. The lowest BCUT2D eigenvalue weighted by molar-refractivity contribution is -0.128. The van der Waals surface area contributed by atoms with Gasteiger partial charge in [-0.3, -0.25) is 4.79 Å². The van der Waals surface area contributed by atoms with Crippen LogP contribution in [0.4, 0.5) is 0 Å². The van der Waals surface area contributed by atoms with E-state index in [9.17, 15) is 4.79 Å². The van der Waals surface area contributed by atoms with Crippen molar-refractivity contribution in [1.29, 1.82) is 0 Å². The van der Waals surface area contributed by atoms with E-state index >= 15 is 0 Å². The quantitative estimate of drug-likeness (QED) is 0.872. The van der Waals surface area contributed by atoms with Crippen molar-refractivity contribution in [3.05, 3.63) is 29.8 Å². The number of ether oxygens (including phenoxy) is 1. The van der Waals surface area contributed by atoms with Crippen molar-refractivity contribution < 1.29 is 9.53 Å². The standard InChI is InChI=1S/C18H24N2O2.ClH/c19-17-11-4-3-5-12(17)9-13(8-11)18(21)20-15-10-22-16-7-2-1-6-14(15)16;/h1-2,6-7,11-13,15,17H,3-5,8-10,19H2,(H,20,21);1H. The summed E-state index contributed by atoms with van der Waals surface area (Å²) in [6.45, 7) is 0.546. The topological polar surface area (TPSA) is 64.4 Å². The molecule has 3 unspecified atom stereocenters. The van der Waals surface area contributed by atoms with Crippen molar-refractivity contribution in [3.63, 3.8) is 0 Å². The number of rotatable bonds is 2. The van der Waals surface area contributed by atoms with Crippen LogP contribution in [-0.2, 0) is 4.79 Å². The third kappa shape index (κ3) is 3.07. The first kappa shape index (κ1) is 16.6. The molecule has 1 aromatic carbocycles. The number of fused-ring (bicyclic) bond motifs is 3. The fraction of sp³-hybridized carbons (Fsp3) is 0.611. The van der Waals surface area contributed by atoms with Gasteiger partial charge in [0, 0.05) is 17.5 Å². The molecule has 4 nitrogen and oxygen atoms in total. The second-order valence-corrected chi connectivity index (χ2v) is 7.11. The Kier molecular flexibility index (Phi) is 4.83. The Hall–Kier alpha value is -1.26. The molecule has 3 aliphatic rings. The van der Waals surface area contributed by atoms with Crippen LogP contribution in [0.2, 0.25) is 0 Å². The molecule has 1 heterocycles. The SMILES string of the molecule is Cl.NC1C2CCCC1CC(C(=O)NC1COc3ccccc31)C2. The molecule has 4 rings (SSSR count). The lowest BCUT2D eigenvalue weighted by Gasteiger charge is -2.43. The van der Waals surface area contributed by atoms with Crippen LogP contribution in [0.3, 0.4) is 0 Å². The average Bonchev–Trinajstić information content (AvgIpc) is 2.90. The number of benzene rings is 1. The van der Waals surface area contributed by atoms with E-state index in [1.54, 1.807) is 0 Å². The molecule has 2 bridgehead atoms. The van der Waals surface area contributed by atoms with Crippen LogP contribution in [0.1, 0.15) is 43.7 Å². The molecule has 5 heteroatoms. The van der Waals surface area contributed by atoms with Crippen LogP contribution in [0, 0.1) is 17.8 Å². The number of hydrogen-bond donors (Lipinski definition) is 2. The Labute approximate surface area is 143 Å². The molecule has 1 amide bonds. The molecule has 0 saturated heterocycles. The smallest absolute Gasteiger partial charge is 0.223 e. The zero-order chi connectivity index (χ0) is 15.1. The molecular weight excluding hydrogens is 312 g/mol. The number of carbonyl (C=O) groups is 1. The van der Waals surface area contributed by atoms with Crippen molar-refractivity contribution >= 4 is 18.3 Å². The first-order chi connectivity index (χ1) is 10.7. The van der Waals surface area contributed by atoms with E-state index in [-0.39, 0.29) is 30.3 Å². The minimum atomic E-state index is -0.000796. The maximum atomic E-state index is 12.7. The van der Waals surface area contributed by atoms with Crippen LogP contribution in [0.5, 0.6) is 5.75 Å². The highest BCUT2D eigenvalue weighted by Crippen LogP contribution is 2.42. The highest BCUT2D eigenvalue weighted by Gasteiger charge is 2.41. The summed E-state index contributed by atoms with van der Waals surface area (Å²) in [5.74, 6) is 2.29. The molecule has 23 heavy (non-hydrogen) atoms. The lowest BCUT2D eigenvalue weighted by Crippen LogP contribution is -2.49. The highest BCUT2D eigenvalue weighted by molar-refractivity contribution is 5.85. The minimum absolute atomic E-state index is 0. The van der Waals surface area contributed by atoms with E-state index in [0.717, 1.165) is 24.2 Å². The Morgan fingerprint density at radius 1 is 1.17 bits per heavy atom. The van der Waals surface area contributed by atoms with Crippen molar-refractivity contribution in [2.75, 3.05) is 6.61 Å². The van der Waals surface area contributed by atoms with Gasteiger partial charge in [-0.15, -0.1) is 12.4 Å². The molecule has 1 aliphatic heterocycles. The number of nitrogens with two attached hydrogens (primary N) is 1. The fourth-order valence-electron chi connectivity index (χ4n) is 4.57. The number of para-hydroxylation sites is 1. The van der Waals surface area contributed by atoms with Crippen molar-refractivity contribution in [2.45, 2.75) is 44.2 Å². The third-order valence-corrected chi connectivity index (χ3v) is 5.80. The van der Waals surface area contributed by atoms with Crippen molar-refractivity contribution in [3.8, 4) is 5.75 Å². The summed E-state index contributed by atoms with van der Waals surface area (Å²) >= 11 is 0. The van der Waals surface area contributed by atoms with Crippen LogP contribution < -0.4 is 15.8 Å². The molecule has 3 N–H and O–H groups in total. The van der Waals surface area contributed by atoms with Crippen LogP contribution in [0.25, 0.3) is 0 Å². The number of nitrogens with one attached hydrogen (secondary N) is 1. The molecule has 2 fully saturated rings. The first-order valence-electron chi connectivity index (χ1n) is 8.50. The predicted octanol–water partition coefficient (Wildman–Crippen LogP) is 2.81. The van der Waals surface area contributed by atoms with Crippen LogP contribution >= 0.6 is 12.4 Å². The Morgan fingerprint density at radius 3 is 2.61 bits per heavy atom. The number of halogens is 1. The zero-order valence-electron chi connectivity index (χ0n) is 13.2. The van der Waals surface area contributed by atoms with E-state index in [4.69, 9.17) is 10.5 Å². The van der Waals surface area contributed by atoms with Gasteiger partial charge in [-0.25, -0.2) is 0 Å². The summed E-state index contributed by atoms with van der Waals surface area (Å²) in [6, 6.07) is 8.28. The van der Waals surface area contributed by atoms with Gasteiger partial charge in [-0.2, -0.15) is 0 Å². The molecule has 0 radical (unpaired) electrons. The third-order valence-electron chi connectivity index (χ3n) is 5.80. The van der Waals surface area contributed by atoms with Crippen molar-refractivity contribution in [1.82, 2.24) is 5.32 Å². The van der Waals surface area contributed by atoms with E-state index < -0.39 is 0 Å². The van der Waals surface area contributed by atoms with E-state index in [1.165, 1.54) is 19.3 Å². The van der Waals surface area contributed by atoms with E-state index in [2.05, 4.69) is 5.32 Å².